The van der Waals surface area contributed by atoms with Gasteiger partial charge in [0.15, 0.2) is 0 Å². The van der Waals surface area contributed by atoms with Crippen LogP contribution in [0.4, 0.5) is 5.69 Å². The number of benzene rings is 2. The number of rotatable bonds is 4. The lowest BCUT2D eigenvalue weighted by Gasteiger charge is -2.06. The standard InChI is InChI=1S/C13H9ClN2O4/c14-10-2-4-11(5-3-10)20-13-6-1-9(8-15-17)7-12(13)16(18)19/h1-8,17H. The minimum Gasteiger partial charge on any atom is -0.450 e. The summed E-state index contributed by atoms with van der Waals surface area (Å²) in [6.45, 7) is 0. The van der Waals surface area contributed by atoms with Gasteiger partial charge in [0, 0.05) is 16.7 Å². The highest BCUT2D eigenvalue weighted by atomic mass is 35.5. The van der Waals surface area contributed by atoms with E-state index >= 15 is 0 Å². The number of halogens is 1. The first kappa shape index (κ1) is 13.8. The molecular weight excluding hydrogens is 284 g/mol. The van der Waals surface area contributed by atoms with E-state index in [9.17, 15) is 10.1 Å². The fourth-order valence-corrected chi connectivity index (χ4v) is 1.67. The van der Waals surface area contributed by atoms with Crippen LogP contribution in [0.2, 0.25) is 5.02 Å². The number of nitrogens with zero attached hydrogens (tertiary/aromatic N) is 2. The van der Waals surface area contributed by atoms with Gasteiger partial charge in [0.05, 0.1) is 11.1 Å². The Morgan fingerprint density at radius 3 is 2.55 bits per heavy atom. The van der Waals surface area contributed by atoms with Crippen LogP contribution >= 0.6 is 11.6 Å². The minimum absolute atomic E-state index is 0.0902. The average molecular weight is 293 g/mol. The van der Waals surface area contributed by atoms with Crippen LogP contribution in [-0.2, 0) is 0 Å². The highest BCUT2D eigenvalue weighted by Crippen LogP contribution is 2.32. The first-order valence-corrected chi connectivity index (χ1v) is 5.87. The largest absolute Gasteiger partial charge is 0.450 e. The van der Waals surface area contributed by atoms with Crippen LogP contribution in [-0.4, -0.2) is 16.3 Å². The van der Waals surface area contributed by atoms with Crippen molar-refractivity contribution in [2.75, 3.05) is 0 Å². The molecule has 2 rings (SSSR count). The number of nitro benzene ring substituents is 1. The Bertz CT molecular complexity index is 656. The zero-order valence-electron chi connectivity index (χ0n) is 10.1. The third-order valence-electron chi connectivity index (χ3n) is 2.43. The second-order valence-corrected chi connectivity index (χ2v) is 4.22. The van der Waals surface area contributed by atoms with Gasteiger partial charge in [-0.25, -0.2) is 0 Å². The Hall–Kier alpha value is -2.60. The molecule has 6 nitrogen and oxygen atoms in total. The second-order valence-electron chi connectivity index (χ2n) is 3.78. The molecule has 2 aromatic rings. The topological polar surface area (TPSA) is 85.0 Å². The molecule has 2 aromatic carbocycles. The fraction of sp³-hybridized carbons (Fsp3) is 0. The molecule has 0 radical (unpaired) electrons. The highest BCUT2D eigenvalue weighted by Gasteiger charge is 2.16. The molecule has 0 aliphatic rings. The number of ether oxygens (including phenoxy) is 1. The average Bonchev–Trinajstić information content (AvgIpc) is 2.43. The van der Waals surface area contributed by atoms with Gasteiger partial charge in [-0.15, -0.1) is 0 Å². The van der Waals surface area contributed by atoms with Crippen molar-refractivity contribution in [3.05, 3.63) is 63.2 Å². The zero-order valence-corrected chi connectivity index (χ0v) is 10.8. The SMILES string of the molecule is O=[N+]([O-])c1cc(C=NO)ccc1Oc1ccc(Cl)cc1. The van der Waals surface area contributed by atoms with E-state index in [1.165, 1.54) is 18.2 Å². The molecule has 0 bridgehead atoms. The van der Waals surface area contributed by atoms with E-state index in [-0.39, 0.29) is 11.4 Å². The van der Waals surface area contributed by atoms with Crippen molar-refractivity contribution in [1.29, 1.82) is 0 Å². The monoisotopic (exact) mass is 292 g/mol. The lowest BCUT2D eigenvalue weighted by molar-refractivity contribution is -0.385. The maximum Gasteiger partial charge on any atom is 0.312 e. The summed E-state index contributed by atoms with van der Waals surface area (Å²) >= 11 is 5.75. The first-order valence-electron chi connectivity index (χ1n) is 5.49. The highest BCUT2D eigenvalue weighted by molar-refractivity contribution is 6.30. The van der Waals surface area contributed by atoms with Gasteiger partial charge in [-0.3, -0.25) is 10.1 Å². The maximum absolute atomic E-state index is 11.0. The van der Waals surface area contributed by atoms with Gasteiger partial charge in [-0.1, -0.05) is 16.8 Å². The van der Waals surface area contributed by atoms with Crippen LogP contribution in [0.3, 0.4) is 0 Å². The molecule has 0 saturated carbocycles. The number of hydrogen-bond donors (Lipinski definition) is 1. The Morgan fingerprint density at radius 2 is 1.95 bits per heavy atom. The lowest BCUT2D eigenvalue weighted by atomic mass is 10.2. The summed E-state index contributed by atoms with van der Waals surface area (Å²) in [4.78, 5) is 10.5. The van der Waals surface area contributed by atoms with Crippen LogP contribution in [0.25, 0.3) is 0 Å². The van der Waals surface area contributed by atoms with Crippen LogP contribution in [0.5, 0.6) is 11.5 Å². The van der Waals surface area contributed by atoms with Crippen molar-refractivity contribution in [2.24, 2.45) is 5.16 Å². The Kier molecular flexibility index (Phi) is 4.17. The maximum atomic E-state index is 11.0. The molecular formula is C13H9ClN2O4. The lowest BCUT2D eigenvalue weighted by Crippen LogP contribution is -1.95. The molecule has 0 amide bonds. The number of hydrogen-bond acceptors (Lipinski definition) is 5. The summed E-state index contributed by atoms with van der Waals surface area (Å²) < 4.78 is 5.45. The predicted octanol–water partition coefficient (Wildman–Crippen LogP) is 3.85. The smallest absolute Gasteiger partial charge is 0.312 e. The normalized spacial score (nSPS) is 10.7. The van der Waals surface area contributed by atoms with E-state index < -0.39 is 4.92 Å². The Balaban J connectivity index is 2.35. The summed E-state index contributed by atoms with van der Waals surface area (Å²) in [6.07, 6.45) is 1.10. The van der Waals surface area contributed by atoms with Crippen molar-refractivity contribution in [1.82, 2.24) is 0 Å². The molecule has 102 valence electrons. The van der Waals surface area contributed by atoms with E-state index in [0.717, 1.165) is 6.21 Å². The molecule has 0 aromatic heterocycles. The van der Waals surface area contributed by atoms with Crippen LogP contribution in [0, 0.1) is 10.1 Å². The molecule has 0 spiro atoms. The van der Waals surface area contributed by atoms with Gasteiger partial charge in [0.2, 0.25) is 5.75 Å². The molecule has 20 heavy (non-hydrogen) atoms. The predicted molar refractivity (Wildman–Crippen MR) is 74.0 cm³/mol. The fourth-order valence-electron chi connectivity index (χ4n) is 1.54. The molecule has 7 heteroatoms. The molecule has 1 N–H and O–H groups in total. The molecule has 0 aliphatic heterocycles. The van der Waals surface area contributed by atoms with Gasteiger partial charge in [-0.05, 0) is 36.4 Å². The van der Waals surface area contributed by atoms with E-state index in [2.05, 4.69) is 5.16 Å². The van der Waals surface area contributed by atoms with Crippen molar-refractivity contribution in [3.8, 4) is 11.5 Å². The third-order valence-corrected chi connectivity index (χ3v) is 2.68. The molecule has 0 atom stereocenters. The Morgan fingerprint density at radius 1 is 1.25 bits per heavy atom. The quantitative estimate of drug-likeness (QED) is 0.401. The van der Waals surface area contributed by atoms with Crippen LogP contribution in [0.1, 0.15) is 5.56 Å². The second kappa shape index (κ2) is 6.03. The zero-order chi connectivity index (χ0) is 14.5. The van der Waals surface area contributed by atoms with Crippen LogP contribution in [0.15, 0.2) is 47.6 Å². The number of nitro groups is 1. The summed E-state index contributed by atoms with van der Waals surface area (Å²) in [5.74, 6) is 0.522. The molecule has 0 fully saturated rings. The number of oxime groups is 1. The van der Waals surface area contributed by atoms with E-state index in [1.54, 1.807) is 24.3 Å². The van der Waals surface area contributed by atoms with Crippen LogP contribution < -0.4 is 4.74 Å². The van der Waals surface area contributed by atoms with E-state index in [0.29, 0.717) is 16.3 Å². The Labute approximate surface area is 119 Å². The van der Waals surface area contributed by atoms with Gasteiger partial charge < -0.3 is 9.94 Å². The van der Waals surface area contributed by atoms with Gasteiger partial charge in [0.1, 0.15) is 5.75 Å². The summed E-state index contributed by atoms with van der Waals surface area (Å²) in [7, 11) is 0. The van der Waals surface area contributed by atoms with Gasteiger partial charge in [-0.2, -0.15) is 0 Å². The summed E-state index contributed by atoms with van der Waals surface area (Å²) in [6, 6.07) is 10.7. The molecule has 0 saturated heterocycles. The molecule has 0 heterocycles. The van der Waals surface area contributed by atoms with Gasteiger partial charge >= 0.3 is 5.69 Å². The van der Waals surface area contributed by atoms with E-state index in [1.807, 2.05) is 0 Å². The first-order chi connectivity index (χ1) is 9.60. The minimum atomic E-state index is -0.569. The van der Waals surface area contributed by atoms with E-state index in [4.69, 9.17) is 21.5 Å². The summed E-state index contributed by atoms with van der Waals surface area (Å²) in [5.41, 5.74) is 0.167. The molecule has 0 unspecified atom stereocenters. The third kappa shape index (κ3) is 3.24. The van der Waals surface area contributed by atoms with Crippen molar-refractivity contribution in [2.45, 2.75) is 0 Å². The molecule has 0 aliphatic carbocycles. The van der Waals surface area contributed by atoms with Crippen molar-refractivity contribution >= 4 is 23.5 Å². The van der Waals surface area contributed by atoms with Gasteiger partial charge in [0.25, 0.3) is 0 Å². The van der Waals surface area contributed by atoms with Crippen molar-refractivity contribution < 1.29 is 14.9 Å². The van der Waals surface area contributed by atoms with Crippen molar-refractivity contribution in [3.63, 3.8) is 0 Å². The summed E-state index contributed by atoms with van der Waals surface area (Å²) in [5, 5.41) is 22.8.